The number of allylic oxidation sites excluding steroid dienone is 2. The highest BCUT2D eigenvalue weighted by molar-refractivity contribution is 5.94. The molecular weight excluding hydrogens is 408 g/mol. The van der Waals surface area contributed by atoms with Crippen molar-refractivity contribution in [2.24, 2.45) is 23.2 Å². The fourth-order valence-corrected chi connectivity index (χ4v) is 5.86. The van der Waals surface area contributed by atoms with Gasteiger partial charge in [0.25, 0.3) is 0 Å². The second-order valence-corrected chi connectivity index (χ2v) is 10.6. The largest absolute Gasteiger partial charge is 0.454 e. The van der Waals surface area contributed by atoms with Gasteiger partial charge in [0.15, 0.2) is 0 Å². The van der Waals surface area contributed by atoms with Crippen LogP contribution < -0.4 is 0 Å². The third kappa shape index (κ3) is 4.61. The van der Waals surface area contributed by atoms with Crippen LogP contribution in [0.25, 0.3) is 0 Å². The smallest absolute Gasteiger partial charge is 0.335 e. The molecule has 6 nitrogen and oxygen atoms in total. The summed E-state index contributed by atoms with van der Waals surface area (Å²) in [6, 6.07) is 0. The Morgan fingerprint density at radius 2 is 1.94 bits per heavy atom. The lowest BCUT2D eigenvalue weighted by Gasteiger charge is -2.53. The molecule has 6 heteroatoms. The van der Waals surface area contributed by atoms with Crippen LogP contribution in [0.3, 0.4) is 0 Å². The normalized spacial score (nSPS) is 31.9. The van der Waals surface area contributed by atoms with E-state index in [0.29, 0.717) is 5.57 Å². The number of rotatable bonds is 7. The van der Waals surface area contributed by atoms with Gasteiger partial charge in [0, 0.05) is 31.1 Å². The molecule has 0 aromatic rings. The van der Waals surface area contributed by atoms with E-state index in [1.54, 1.807) is 7.11 Å². The summed E-state index contributed by atoms with van der Waals surface area (Å²) in [5.41, 5.74) is 1.93. The molecule has 2 aliphatic carbocycles. The second kappa shape index (κ2) is 8.97. The zero-order chi connectivity index (χ0) is 23.8. The molecule has 1 saturated carbocycles. The van der Waals surface area contributed by atoms with Crippen molar-refractivity contribution >= 4 is 17.7 Å². The Labute approximate surface area is 191 Å². The molecule has 5 atom stereocenters. The van der Waals surface area contributed by atoms with Gasteiger partial charge in [-0.05, 0) is 82.8 Å². The number of cyclic esters (lactones) is 1. The number of carbonyl (C=O) groups is 3. The van der Waals surface area contributed by atoms with Crippen LogP contribution in [0.4, 0.5) is 0 Å². The number of ketones is 1. The van der Waals surface area contributed by atoms with Crippen molar-refractivity contribution in [2.45, 2.75) is 78.9 Å². The number of carbonyl (C=O) groups excluding carboxylic acids is 3. The van der Waals surface area contributed by atoms with E-state index in [2.05, 4.69) is 20.8 Å². The highest BCUT2D eigenvalue weighted by atomic mass is 16.5. The van der Waals surface area contributed by atoms with Crippen molar-refractivity contribution in [2.75, 3.05) is 7.11 Å². The zero-order valence-corrected chi connectivity index (χ0v) is 20.3. The van der Waals surface area contributed by atoms with E-state index in [1.807, 2.05) is 19.9 Å². The Kier molecular flexibility index (Phi) is 6.85. The van der Waals surface area contributed by atoms with Crippen molar-refractivity contribution in [3.63, 3.8) is 0 Å². The molecule has 0 unspecified atom stereocenters. The molecular formula is C26H36O6. The molecule has 0 radical (unpaired) electrons. The average molecular weight is 445 g/mol. The maximum absolute atomic E-state index is 13.1. The van der Waals surface area contributed by atoms with E-state index in [1.165, 1.54) is 19.3 Å². The maximum Gasteiger partial charge on any atom is 0.335 e. The summed E-state index contributed by atoms with van der Waals surface area (Å²) >= 11 is 0. The molecule has 0 aromatic heterocycles. The van der Waals surface area contributed by atoms with Crippen LogP contribution in [0.5, 0.6) is 0 Å². The van der Waals surface area contributed by atoms with Gasteiger partial charge in [-0.2, -0.15) is 0 Å². The zero-order valence-electron chi connectivity index (χ0n) is 20.3. The first-order chi connectivity index (χ1) is 14.9. The lowest BCUT2D eigenvalue weighted by molar-refractivity contribution is -0.142. The van der Waals surface area contributed by atoms with Gasteiger partial charge in [-0.15, -0.1) is 0 Å². The second-order valence-electron chi connectivity index (χ2n) is 10.6. The first kappa shape index (κ1) is 24.4. The van der Waals surface area contributed by atoms with Crippen LogP contribution in [0.1, 0.15) is 67.2 Å². The molecule has 176 valence electrons. The Morgan fingerprint density at radius 1 is 1.25 bits per heavy atom. The molecule has 3 rings (SSSR count). The highest BCUT2D eigenvalue weighted by Crippen LogP contribution is 2.61. The van der Waals surface area contributed by atoms with Gasteiger partial charge in [-0.3, -0.25) is 4.79 Å². The maximum atomic E-state index is 13.1. The Balaban J connectivity index is 2.05. The van der Waals surface area contributed by atoms with Crippen molar-refractivity contribution in [1.82, 2.24) is 0 Å². The van der Waals surface area contributed by atoms with Gasteiger partial charge in [-0.1, -0.05) is 12.5 Å². The number of methoxy groups -OCH3 is 1. The number of hydrogen-bond donors (Lipinski definition) is 0. The predicted octanol–water partition coefficient (Wildman–Crippen LogP) is 4.69. The molecule has 1 fully saturated rings. The third-order valence-corrected chi connectivity index (χ3v) is 7.54. The van der Waals surface area contributed by atoms with Crippen LogP contribution in [0, 0.1) is 23.2 Å². The average Bonchev–Trinajstić information content (AvgIpc) is 2.98. The number of esters is 2. The molecule has 32 heavy (non-hydrogen) atoms. The molecule has 0 saturated heterocycles. The van der Waals surface area contributed by atoms with Crippen molar-refractivity contribution in [3.8, 4) is 0 Å². The standard InChI is InChI=1S/C26H36O6/c1-15(2)12-21(28)31-11-9-19-23-20(13-16(3)27)32-24(29)22(23)17-14-26(19,6)10-8-18(17)25(4,5)30-7/h9,11-12,17-20H,8,10,13-14H2,1-7H3/b11-9+/t17-,18+,19-,20-,26-/m0/s1. The summed E-state index contributed by atoms with van der Waals surface area (Å²) in [4.78, 5) is 37.0. The Hall–Kier alpha value is -2.21. The molecule has 0 aromatic carbocycles. The van der Waals surface area contributed by atoms with Crippen molar-refractivity contribution < 1.29 is 28.6 Å². The summed E-state index contributed by atoms with van der Waals surface area (Å²) < 4.78 is 16.9. The first-order valence-corrected chi connectivity index (χ1v) is 11.4. The number of Topliss-reactive ketones (excluding diaryl/α,β-unsaturated/α-hetero) is 1. The first-order valence-electron chi connectivity index (χ1n) is 11.4. The molecule has 3 aliphatic rings. The van der Waals surface area contributed by atoms with E-state index in [0.717, 1.165) is 30.4 Å². The monoisotopic (exact) mass is 444 g/mol. The topological polar surface area (TPSA) is 78.9 Å². The van der Waals surface area contributed by atoms with Crippen LogP contribution in [-0.2, 0) is 28.6 Å². The molecule has 0 N–H and O–H groups in total. The summed E-state index contributed by atoms with van der Waals surface area (Å²) in [6.07, 6.45) is 7.02. The van der Waals surface area contributed by atoms with Crippen molar-refractivity contribution in [3.05, 3.63) is 35.1 Å². The van der Waals surface area contributed by atoms with Crippen LogP contribution in [-0.4, -0.2) is 36.5 Å². The molecule has 1 heterocycles. The fraction of sp³-hybridized carbons (Fsp3) is 0.654. The summed E-state index contributed by atoms with van der Waals surface area (Å²) in [5, 5.41) is 0. The summed E-state index contributed by atoms with van der Waals surface area (Å²) in [7, 11) is 1.71. The van der Waals surface area contributed by atoms with E-state index in [4.69, 9.17) is 14.2 Å². The van der Waals surface area contributed by atoms with Crippen LogP contribution in [0.2, 0.25) is 0 Å². The van der Waals surface area contributed by atoms with Gasteiger partial charge in [-0.25, -0.2) is 9.59 Å². The van der Waals surface area contributed by atoms with Crippen LogP contribution >= 0.6 is 0 Å². The van der Waals surface area contributed by atoms with E-state index < -0.39 is 12.1 Å². The minimum absolute atomic E-state index is 0.0148. The van der Waals surface area contributed by atoms with Gasteiger partial charge < -0.3 is 14.2 Å². The Bertz CT molecular complexity index is 888. The fourth-order valence-electron chi connectivity index (χ4n) is 5.86. The molecule has 2 bridgehead atoms. The quantitative estimate of drug-likeness (QED) is 0.322. The van der Waals surface area contributed by atoms with E-state index >= 15 is 0 Å². The number of ether oxygens (including phenoxy) is 3. The van der Waals surface area contributed by atoms with Crippen molar-refractivity contribution in [1.29, 1.82) is 0 Å². The van der Waals surface area contributed by atoms with Crippen LogP contribution in [0.15, 0.2) is 35.1 Å². The molecule has 0 amide bonds. The summed E-state index contributed by atoms with van der Waals surface area (Å²) in [5.74, 6) is -0.730. The van der Waals surface area contributed by atoms with Gasteiger partial charge >= 0.3 is 11.9 Å². The van der Waals surface area contributed by atoms with E-state index in [-0.39, 0.29) is 46.9 Å². The lowest BCUT2D eigenvalue weighted by Crippen LogP contribution is -2.50. The highest BCUT2D eigenvalue weighted by Gasteiger charge is 2.57. The predicted molar refractivity (Wildman–Crippen MR) is 120 cm³/mol. The molecule has 0 spiro atoms. The third-order valence-electron chi connectivity index (χ3n) is 7.54. The molecule has 1 aliphatic heterocycles. The van der Waals surface area contributed by atoms with Gasteiger partial charge in [0.05, 0.1) is 11.9 Å². The van der Waals surface area contributed by atoms with Gasteiger partial charge in [0.2, 0.25) is 0 Å². The Morgan fingerprint density at radius 3 is 2.53 bits per heavy atom. The number of hydrogen-bond acceptors (Lipinski definition) is 6. The minimum Gasteiger partial charge on any atom is -0.454 e. The lowest BCUT2D eigenvalue weighted by atomic mass is 9.51. The number of fused-ring (bicyclic) bond motifs is 3. The summed E-state index contributed by atoms with van der Waals surface area (Å²) in [6.45, 7) is 11.5. The minimum atomic E-state index is -0.565. The van der Waals surface area contributed by atoms with E-state index in [9.17, 15) is 14.4 Å². The van der Waals surface area contributed by atoms with Gasteiger partial charge in [0.1, 0.15) is 11.9 Å². The SMILES string of the molecule is COC(C)(C)[C@@H]1CC[C@@]2(C)C[C@@H]1C1=C([C@H](CC(C)=O)OC1=O)[C@@H]2/C=C/OC(=O)C=C(C)C.